The lowest BCUT2D eigenvalue weighted by atomic mass is 9.89. The largest absolute Gasteiger partial charge is 0.493 e. The lowest BCUT2D eigenvalue weighted by molar-refractivity contribution is 0.110. The van der Waals surface area contributed by atoms with E-state index < -0.39 is 0 Å². The van der Waals surface area contributed by atoms with Gasteiger partial charge in [0.2, 0.25) is 0 Å². The molecule has 4 aromatic carbocycles. The first-order valence-corrected chi connectivity index (χ1v) is 14.9. The van der Waals surface area contributed by atoms with Gasteiger partial charge in [-0.05, 0) is 77.1 Å². The Bertz CT molecular complexity index is 2130. The van der Waals surface area contributed by atoms with Crippen molar-refractivity contribution in [1.29, 1.82) is 5.26 Å². The second-order valence-corrected chi connectivity index (χ2v) is 11.2. The fraction of sp³-hybridized carbons (Fsp3) is 0.132. The van der Waals surface area contributed by atoms with Crippen molar-refractivity contribution in [2.75, 3.05) is 7.11 Å². The van der Waals surface area contributed by atoms with E-state index in [1.165, 1.54) is 6.20 Å². The average molecular weight is 629 g/mol. The Kier molecular flexibility index (Phi) is 8.73. The van der Waals surface area contributed by atoms with Crippen LogP contribution < -0.4 is 14.2 Å². The molecule has 0 aliphatic carbocycles. The molecule has 228 valence electrons. The van der Waals surface area contributed by atoms with E-state index in [1.54, 1.807) is 37.6 Å². The number of aromatic nitrogens is 1. The van der Waals surface area contributed by atoms with Crippen molar-refractivity contribution >= 4 is 28.9 Å². The first-order chi connectivity index (χ1) is 22.4. The van der Waals surface area contributed by atoms with Gasteiger partial charge in [-0.25, -0.2) is 0 Å². The molecule has 6 aromatic rings. The van der Waals surface area contributed by atoms with Crippen LogP contribution in [-0.4, -0.2) is 18.4 Å². The number of nitrogens with zero attached hydrogens (tertiary/aromatic N) is 2. The van der Waals surface area contributed by atoms with Crippen molar-refractivity contribution in [2.45, 2.75) is 27.1 Å². The molecular weight excluding hydrogens is 600 g/mol. The summed E-state index contributed by atoms with van der Waals surface area (Å²) in [5.41, 5.74) is 9.49. The molecule has 0 amide bonds. The molecule has 0 N–H and O–H groups in total. The number of aldehydes is 1. The second kappa shape index (κ2) is 13.2. The Morgan fingerprint density at radius 3 is 2.39 bits per heavy atom. The molecule has 0 saturated heterocycles. The number of benzene rings is 4. The number of hydrogen-bond donors (Lipinski definition) is 0. The number of hydrogen-bond acceptors (Lipinski definition) is 7. The minimum atomic E-state index is 0.190. The van der Waals surface area contributed by atoms with E-state index in [2.05, 4.69) is 49.2 Å². The van der Waals surface area contributed by atoms with E-state index >= 15 is 0 Å². The standard InChI is InChI=1S/C38H29ClN2O5/c1-23-28(22-45-36-16-38(37(43-3)15-34(36)39)44-21-26-12-25(17-40)18-41-19-26)6-4-8-32(23)33-9-5-7-31(24(33)2)27-10-11-35-29(13-27)14-30(20-42)46-35/h4-16,18-20H,21-22H2,1-3H3. The van der Waals surface area contributed by atoms with Gasteiger partial charge in [0.15, 0.2) is 23.5 Å². The van der Waals surface area contributed by atoms with Gasteiger partial charge in [0.05, 0.1) is 17.7 Å². The Morgan fingerprint density at radius 1 is 0.848 bits per heavy atom. The van der Waals surface area contributed by atoms with E-state index in [9.17, 15) is 4.79 Å². The summed E-state index contributed by atoms with van der Waals surface area (Å²) >= 11 is 6.58. The first kappa shape index (κ1) is 30.4. The van der Waals surface area contributed by atoms with Gasteiger partial charge >= 0.3 is 0 Å². The lowest BCUT2D eigenvalue weighted by Crippen LogP contribution is -2.02. The maximum absolute atomic E-state index is 11.2. The Labute approximate surface area is 271 Å². The van der Waals surface area contributed by atoms with Crippen LogP contribution in [0.1, 0.15) is 38.4 Å². The maximum Gasteiger partial charge on any atom is 0.185 e. The van der Waals surface area contributed by atoms with Crippen molar-refractivity contribution in [3.8, 4) is 45.6 Å². The fourth-order valence-corrected chi connectivity index (χ4v) is 5.71. The third kappa shape index (κ3) is 6.16. The summed E-state index contributed by atoms with van der Waals surface area (Å²) in [5, 5.41) is 10.4. The summed E-state index contributed by atoms with van der Waals surface area (Å²) < 4.78 is 23.3. The van der Waals surface area contributed by atoms with Crippen LogP contribution in [0.4, 0.5) is 0 Å². The zero-order valence-electron chi connectivity index (χ0n) is 25.5. The molecule has 46 heavy (non-hydrogen) atoms. The van der Waals surface area contributed by atoms with Crippen LogP contribution in [0.25, 0.3) is 33.2 Å². The highest BCUT2D eigenvalue weighted by molar-refractivity contribution is 6.32. The van der Waals surface area contributed by atoms with Crippen LogP contribution in [0.5, 0.6) is 17.2 Å². The maximum atomic E-state index is 11.2. The van der Waals surface area contributed by atoms with E-state index in [0.29, 0.717) is 39.2 Å². The van der Waals surface area contributed by atoms with E-state index in [0.717, 1.165) is 56.2 Å². The quantitative estimate of drug-likeness (QED) is 0.140. The molecule has 0 fully saturated rings. The van der Waals surface area contributed by atoms with Gasteiger partial charge in [0, 0.05) is 35.5 Å². The zero-order valence-corrected chi connectivity index (χ0v) is 26.2. The molecule has 2 heterocycles. The third-order valence-electron chi connectivity index (χ3n) is 7.95. The normalized spacial score (nSPS) is 10.8. The minimum Gasteiger partial charge on any atom is -0.493 e. The molecule has 0 saturated carbocycles. The molecule has 0 unspecified atom stereocenters. The van der Waals surface area contributed by atoms with Crippen molar-refractivity contribution in [1.82, 2.24) is 4.98 Å². The predicted molar refractivity (Wildman–Crippen MR) is 178 cm³/mol. The van der Waals surface area contributed by atoms with Gasteiger partial charge in [-0.2, -0.15) is 5.26 Å². The molecule has 8 heteroatoms. The third-order valence-corrected chi connectivity index (χ3v) is 8.25. The highest BCUT2D eigenvalue weighted by Gasteiger charge is 2.16. The van der Waals surface area contributed by atoms with Gasteiger partial charge in [-0.3, -0.25) is 9.78 Å². The number of methoxy groups -OCH3 is 1. The fourth-order valence-electron chi connectivity index (χ4n) is 5.50. The molecule has 0 aliphatic heterocycles. The minimum absolute atomic E-state index is 0.190. The number of furan rings is 1. The molecule has 0 aliphatic rings. The first-order valence-electron chi connectivity index (χ1n) is 14.5. The molecule has 0 atom stereocenters. The van der Waals surface area contributed by atoms with Crippen LogP contribution in [0.3, 0.4) is 0 Å². The smallest absolute Gasteiger partial charge is 0.185 e. The van der Waals surface area contributed by atoms with Gasteiger partial charge < -0.3 is 18.6 Å². The van der Waals surface area contributed by atoms with Crippen molar-refractivity contribution in [2.24, 2.45) is 0 Å². The van der Waals surface area contributed by atoms with Gasteiger partial charge in [0.25, 0.3) is 0 Å². The zero-order chi connectivity index (χ0) is 32.2. The summed E-state index contributed by atoms with van der Waals surface area (Å²) in [6.45, 7) is 4.69. The number of halogens is 1. The number of fused-ring (bicyclic) bond motifs is 1. The number of nitriles is 1. The van der Waals surface area contributed by atoms with Gasteiger partial charge in [0.1, 0.15) is 30.6 Å². The van der Waals surface area contributed by atoms with E-state index in [-0.39, 0.29) is 13.2 Å². The van der Waals surface area contributed by atoms with Crippen molar-refractivity contribution < 1.29 is 23.4 Å². The number of carbonyl (C=O) groups excluding carboxylic acids is 1. The van der Waals surface area contributed by atoms with Crippen LogP contribution in [0.15, 0.2) is 95.7 Å². The van der Waals surface area contributed by atoms with Gasteiger partial charge in [-0.1, -0.05) is 54.1 Å². The highest BCUT2D eigenvalue weighted by atomic mass is 35.5. The Balaban J connectivity index is 1.24. The molecule has 0 radical (unpaired) electrons. The summed E-state index contributed by atoms with van der Waals surface area (Å²) in [4.78, 5) is 15.3. The van der Waals surface area contributed by atoms with E-state index in [1.807, 2.05) is 30.3 Å². The SMILES string of the molecule is COc1cc(Cl)c(OCc2cccc(-c3cccc(-c4ccc5oc(C=O)cc5c4)c3C)c2C)cc1OCc1cncc(C#N)c1. The van der Waals surface area contributed by atoms with Crippen LogP contribution in [-0.2, 0) is 13.2 Å². The van der Waals surface area contributed by atoms with E-state index in [4.69, 9.17) is 35.5 Å². The number of rotatable bonds is 10. The predicted octanol–water partition coefficient (Wildman–Crippen LogP) is 9.28. The summed E-state index contributed by atoms with van der Waals surface area (Å²) in [7, 11) is 1.54. The van der Waals surface area contributed by atoms with Crippen LogP contribution in [0.2, 0.25) is 5.02 Å². The Hall–Kier alpha value is -5.58. The van der Waals surface area contributed by atoms with Gasteiger partial charge in [-0.15, -0.1) is 0 Å². The molecule has 6 rings (SSSR count). The lowest BCUT2D eigenvalue weighted by Gasteiger charge is -2.18. The summed E-state index contributed by atoms with van der Waals surface area (Å²) in [6, 6.07) is 27.4. The van der Waals surface area contributed by atoms with Crippen LogP contribution >= 0.6 is 11.6 Å². The highest BCUT2D eigenvalue weighted by Crippen LogP contribution is 2.39. The van der Waals surface area contributed by atoms with Crippen molar-refractivity contribution in [3.05, 3.63) is 130 Å². The molecular formula is C38H29ClN2O5. The molecule has 2 aromatic heterocycles. The number of carbonyl (C=O) groups is 1. The second-order valence-electron chi connectivity index (χ2n) is 10.8. The molecule has 7 nitrogen and oxygen atoms in total. The topological polar surface area (TPSA) is 94.6 Å². The number of ether oxygens (including phenoxy) is 3. The average Bonchev–Trinajstić information content (AvgIpc) is 3.50. The molecule has 0 spiro atoms. The van der Waals surface area contributed by atoms with Crippen LogP contribution in [0, 0.1) is 25.2 Å². The summed E-state index contributed by atoms with van der Waals surface area (Å²) in [5.74, 6) is 1.69. The summed E-state index contributed by atoms with van der Waals surface area (Å²) in [6.07, 6.45) is 3.87. The molecule has 0 bridgehead atoms. The number of pyridine rings is 1. The monoisotopic (exact) mass is 628 g/mol. The Morgan fingerprint density at radius 2 is 1.61 bits per heavy atom. The van der Waals surface area contributed by atoms with Crippen molar-refractivity contribution in [3.63, 3.8) is 0 Å².